The second kappa shape index (κ2) is 4.84. The van der Waals surface area contributed by atoms with E-state index in [1.807, 2.05) is 19.2 Å². The van der Waals surface area contributed by atoms with E-state index in [4.69, 9.17) is 9.72 Å². The molecule has 2 aromatic rings. The zero-order valence-corrected chi connectivity index (χ0v) is 11.7. The fourth-order valence-electron chi connectivity index (χ4n) is 2.53. The monoisotopic (exact) mass is 244 g/mol. The Morgan fingerprint density at radius 1 is 1.28 bits per heavy atom. The summed E-state index contributed by atoms with van der Waals surface area (Å²) in [5.41, 5.74) is 4.42. The van der Waals surface area contributed by atoms with E-state index in [2.05, 4.69) is 32.2 Å². The van der Waals surface area contributed by atoms with Crippen LogP contribution in [0.5, 0.6) is 5.75 Å². The van der Waals surface area contributed by atoms with Crippen LogP contribution in [0.15, 0.2) is 18.2 Å². The molecule has 0 aliphatic rings. The van der Waals surface area contributed by atoms with Crippen LogP contribution in [0.25, 0.3) is 10.9 Å². The molecule has 1 N–H and O–H groups in total. The number of hydrogen-bond acceptors (Lipinski definition) is 3. The van der Waals surface area contributed by atoms with Crippen molar-refractivity contribution in [2.75, 3.05) is 19.5 Å². The highest BCUT2D eigenvalue weighted by molar-refractivity contribution is 5.96. The number of aromatic nitrogens is 1. The maximum atomic E-state index is 5.39. The van der Waals surface area contributed by atoms with Gasteiger partial charge in [0.2, 0.25) is 0 Å². The molecule has 1 aromatic heterocycles. The van der Waals surface area contributed by atoms with Crippen molar-refractivity contribution in [1.82, 2.24) is 4.98 Å². The fourth-order valence-corrected chi connectivity index (χ4v) is 2.53. The largest absolute Gasteiger partial charge is 0.494 e. The van der Waals surface area contributed by atoms with E-state index >= 15 is 0 Å². The quantitative estimate of drug-likeness (QED) is 0.893. The van der Waals surface area contributed by atoms with E-state index in [0.29, 0.717) is 5.92 Å². The van der Waals surface area contributed by atoms with Crippen LogP contribution >= 0.6 is 0 Å². The van der Waals surface area contributed by atoms with Crippen LogP contribution < -0.4 is 10.1 Å². The summed E-state index contributed by atoms with van der Waals surface area (Å²) in [7, 11) is 3.64. The molecule has 3 nitrogen and oxygen atoms in total. The van der Waals surface area contributed by atoms with E-state index in [1.165, 1.54) is 5.56 Å². The second-order valence-electron chi connectivity index (χ2n) is 4.75. The van der Waals surface area contributed by atoms with Gasteiger partial charge in [-0.2, -0.15) is 0 Å². The lowest BCUT2D eigenvalue weighted by atomic mass is 9.96. The van der Waals surface area contributed by atoms with E-state index in [9.17, 15) is 0 Å². The molecule has 18 heavy (non-hydrogen) atoms. The van der Waals surface area contributed by atoms with E-state index in [0.717, 1.165) is 28.0 Å². The van der Waals surface area contributed by atoms with E-state index < -0.39 is 0 Å². The Morgan fingerprint density at radius 2 is 2.00 bits per heavy atom. The van der Waals surface area contributed by atoms with Crippen LogP contribution in [0, 0.1) is 6.92 Å². The molecule has 0 amide bonds. The van der Waals surface area contributed by atoms with Gasteiger partial charge in [-0.1, -0.05) is 26.0 Å². The number of pyridine rings is 1. The molecule has 0 aliphatic carbocycles. The van der Waals surface area contributed by atoms with Gasteiger partial charge in [0.1, 0.15) is 11.3 Å². The fraction of sp³-hybridized carbons (Fsp3) is 0.400. The first-order chi connectivity index (χ1) is 8.60. The molecular weight excluding hydrogens is 224 g/mol. The maximum absolute atomic E-state index is 5.39. The minimum atomic E-state index is 0.440. The van der Waals surface area contributed by atoms with Gasteiger partial charge >= 0.3 is 0 Å². The number of aryl methyl sites for hydroxylation is 1. The maximum Gasteiger partial charge on any atom is 0.145 e. The van der Waals surface area contributed by atoms with Crippen LogP contribution in [0.3, 0.4) is 0 Å². The molecule has 96 valence electrons. The zero-order valence-electron chi connectivity index (χ0n) is 11.7. The van der Waals surface area contributed by atoms with Crippen LogP contribution in [0.4, 0.5) is 5.69 Å². The van der Waals surface area contributed by atoms with Crippen LogP contribution in [-0.2, 0) is 0 Å². The lowest BCUT2D eigenvalue weighted by Gasteiger charge is -2.18. The minimum absolute atomic E-state index is 0.440. The zero-order chi connectivity index (χ0) is 13.3. The summed E-state index contributed by atoms with van der Waals surface area (Å²) >= 11 is 0. The number of ether oxygens (including phenoxy) is 1. The Labute approximate surface area is 108 Å². The predicted molar refractivity (Wildman–Crippen MR) is 76.7 cm³/mol. The predicted octanol–water partition coefficient (Wildman–Crippen LogP) is 3.72. The molecular formula is C15H20N2O. The molecule has 0 spiro atoms. The third-order valence-corrected chi connectivity index (χ3v) is 3.25. The Balaban J connectivity index is 2.88. The number of nitrogens with one attached hydrogen (secondary N) is 1. The van der Waals surface area contributed by atoms with Crippen molar-refractivity contribution >= 4 is 16.6 Å². The lowest BCUT2D eigenvalue weighted by molar-refractivity contribution is 0.419. The number of methoxy groups -OCH3 is 1. The summed E-state index contributed by atoms with van der Waals surface area (Å²) in [6, 6.07) is 6.04. The summed E-state index contributed by atoms with van der Waals surface area (Å²) in [4.78, 5) is 4.71. The highest BCUT2D eigenvalue weighted by Crippen LogP contribution is 2.36. The summed E-state index contributed by atoms with van der Waals surface area (Å²) in [6.07, 6.45) is 0. The highest BCUT2D eigenvalue weighted by Gasteiger charge is 2.16. The van der Waals surface area contributed by atoms with Gasteiger partial charge in [-0.3, -0.25) is 0 Å². The Hall–Kier alpha value is -1.77. The average molecular weight is 244 g/mol. The number of anilines is 1. The standard InChI is InChI=1S/C15H20N2O/c1-9(2)13-10(3)17-14-11(15(13)16-4)7-6-8-12(14)18-5/h6-9H,1-5H3,(H,16,17). The van der Waals surface area contributed by atoms with Gasteiger partial charge in [0, 0.05) is 23.8 Å². The lowest BCUT2D eigenvalue weighted by Crippen LogP contribution is -2.04. The molecule has 0 fully saturated rings. The summed E-state index contributed by atoms with van der Waals surface area (Å²) in [6.45, 7) is 6.44. The van der Waals surface area contributed by atoms with Gasteiger partial charge in [0.15, 0.2) is 0 Å². The third-order valence-electron chi connectivity index (χ3n) is 3.25. The Kier molecular flexibility index (Phi) is 3.41. The first-order valence-corrected chi connectivity index (χ1v) is 6.25. The summed E-state index contributed by atoms with van der Waals surface area (Å²) in [5.74, 6) is 1.26. The molecule has 0 aliphatic heterocycles. The second-order valence-corrected chi connectivity index (χ2v) is 4.75. The topological polar surface area (TPSA) is 34.2 Å². The Morgan fingerprint density at radius 3 is 2.56 bits per heavy atom. The van der Waals surface area contributed by atoms with E-state index in [-0.39, 0.29) is 0 Å². The smallest absolute Gasteiger partial charge is 0.145 e. The molecule has 0 bridgehead atoms. The van der Waals surface area contributed by atoms with Crippen molar-refractivity contribution in [1.29, 1.82) is 0 Å². The summed E-state index contributed by atoms with van der Waals surface area (Å²) in [5, 5.41) is 4.43. The number of benzene rings is 1. The molecule has 0 saturated carbocycles. The van der Waals surface area contributed by atoms with Gasteiger partial charge in [-0.25, -0.2) is 4.98 Å². The normalized spacial score (nSPS) is 11.0. The minimum Gasteiger partial charge on any atom is -0.494 e. The Bertz CT molecular complexity index is 576. The third kappa shape index (κ3) is 1.90. The molecule has 0 radical (unpaired) electrons. The first kappa shape index (κ1) is 12.7. The van der Waals surface area contributed by atoms with Crippen molar-refractivity contribution in [3.05, 3.63) is 29.5 Å². The van der Waals surface area contributed by atoms with Gasteiger partial charge in [0.25, 0.3) is 0 Å². The van der Waals surface area contributed by atoms with Crippen molar-refractivity contribution in [2.45, 2.75) is 26.7 Å². The molecule has 0 saturated heterocycles. The van der Waals surface area contributed by atoms with Gasteiger partial charge in [-0.15, -0.1) is 0 Å². The SMILES string of the molecule is CNc1c(C(C)C)c(C)nc2c(OC)cccc12. The van der Waals surface area contributed by atoms with Crippen molar-refractivity contribution < 1.29 is 4.74 Å². The molecule has 1 aromatic carbocycles. The number of rotatable bonds is 3. The van der Waals surface area contributed by atoms with Crippen LogP contribution in [-0.4, -0.2) is 19.1 Å². The summed E-state index contributed by atoms with van der Waals surface area (Å²) < 4.78 is 5.39. The van der Waals surface area contributed by atoms with Crippen LogP contribution in [0.1, 0.15) is 31.0 Å². The molecule has 2 rings (SSSR count). The average Bonchev–Trinajstić information content (AvgIpc) is 2.35. The highest BCUT2D eigenvalue weighted by atomic mass is 16.5. The van der Waals surface area contributed by atoms with Gasteiger partial charge in [0.05, 0.1) is 7.11 Å². The molecule has 3 heteroatoms. The number of para-hydroxylation sites is 1. The molecule has 1 heterocycles. The molecule has 0 atom stereocenters. The van der Waals surface area contributed by atoms with Gasteiger partial charge < -0.3 is 10.1 Å². The van der Waals surface area contributed by atoms with Crippen molar-refractivity contribution in [3.63, 3.8) is 0 Å². The van der Waals surface area contributed by atoms with Crippen molar-refractivity contribution in [3.8, 4) is 5.75 Å². The number of fused-ring (bicyclic) bond motifs is 1. The number of hydrogen-bond donors (Lipinski definition) is 1. The van der Waals surface area contributed by atoms with E-state index in [1.54, 1.807) is 7.11 Å². The first-order valence-electron chi connectivity index (χ1n) is 6.25. The van der Waals surface area contributed by atoms with Gasteiger partial charge in [-0.05, 0) is 24.5 Å². The number of nitrogens with zero attached hydrogens (tertiary/aromatic N) is 1. The van der Waals surface area contributed by atoms with Crippen LogP contribution in [0.2, 0.25) is 0 Å². The molecule has 0 unspecified atom stereocenters. The van der Waals surface area contributed by atoms with Crippen molar-refractivity contribution in [2.24, 2.45) is 0 Å².